The van der Waals surface area contributed by atoms with Gasteiger partial charge in [0.25, 0.3) is 0 Å². The van der Waals surface area contributed by atoms with Crippen molar-refractivity contribution in [3.05, 3.63) is 18.0 Å². The molecule has 0 saturated carbocycles. The number of rotatable bonds is 4. The first kappa shape index (κ1) is 13.4. The van der Waals surface area contributed by atoms with Gasteiger partial charge >= 0.3 is 12.0 Å². The number of nitrogens with zero attached hydrogens (tertiary/aromatic N) is 3. The van der Waals surface area contributed by atoms with Crippen molar-refractivity contribution in [3.63, 3.8) is 0 Å². The van der Waals surface area contributed by atoms with Crippen LogP contribution in [-0.4, -0.2) is 50.9 Å². The van der Waals surface area contributed by atoms with Gasteiger partial charge in [-0.3, -0.25) is 4.68 Å². The minimum absolute atomic E-state index is 0.311. The molecule has 1 aliphatic rings. The van der Waals surface area contributed by atoms with Crippen molar-refractivity contribution in [3.8, 4) is 0 Å². The van der Waals surface area contributed by atoms with Crippen LogP contribution in [0.5, 0.6) is 0 Å². The summed E-state index contributed by atoms with van der Waals surface area (Å²) in [5.74, 6) is -0.935. The monoisotopic (exact) mass is 266 g/mol. The Morgan fingerprint density at radius 2 is 2.37 bits per heavy atom. The molecule has 0 radical (unpaired) electrons. The van der Waals surface area contributed by atoms with Gasteiger partial charge in [0.1, 0.15) is 6.04 Å². The summed E-state index contributed by atoms with van der Waals surface area (Å²) < 4.78 is 1.74. The Kier molecular flexibility index (Phi) is 4.03. The van der Waals surface area contributed by atoms with E-state index in [9.17, 15) is 9.59 Å². The minimum Gasteiger partial charge on any atom is -0.480 e. The van der Waals surface area contributed by atoms with Crippen molar-refractivity contribution in [1.82, 2.24) is 20.0 Å². The standard InChI is InChI=1S/C12H18N4O3/c1-9-7-14-15(8-9)6-4-13-12(19)16-5-2-3-10(16)11(17)18/h7-8,10H,2-6H2,1H3,(H,13,19)(H,17,18)/t10-/m0/s1. The van der Waals surface area contributed by atoms with Gasteiger partial charge in [0.15, 0.2) is 0 Å². The Bertz CT molecular complexity index is 471. The first-order chi connectivity index (χ1) is 9.08. The van der Waals surface area contributed by atoms with Crippen LogP contribution < -0.4 is 5.32 Å². The number of aromatic nitrogens is 2. The Hall–Kier alpha value is -2.05. The maximum Gasteiger partial charge on any atom is 0.326 e. The zero-order valence-corrected chi connectivity index (χ0v) is 10.9. The van der Waals surface area contributed by atoms with Crippen LogP contribution in [0.3, 0.4) is 0 Å². The summed E-state index contributed by atoms with van der Waals surface area (Å²) in [4.78, 5) is 24.2. The quantitative estimate of drug-likeness (QED) is 0.828. The van der Waals surface area contributed by atoms with Crippen LogP contribution in [0.4, 0.5) is 4.79 Å². The fraction of sp³-hybridized carbons (Fsp3) is 0.583. The van der Waals surface area contributed by atoms with Crippen molar-refractivity contribution < 1.29 is 14.7 Å². The van der Waals surface area contributed by atoms with Gasteiger partial charge in [0, 0.05) is 19.3 Å². The molecule has 2 heterocycles. The highest BCUT2D eigenvalue weighted by Gasteiger charge is 2.33. The van der Waals surface area contributed by atoms with Gasteiger partial charge in [-0.2, -0.15) is 5.10 Å². The van der Waals surface area contributed by atoms with Crippen LogP contribution in [0.1, 0.15) is 18.4 Å². The number of aryl methyl sites for hydroxylation is 1. The molecule has 7 heteroatoms. The van der Waals surface area contributed by atoms with E-state index >= 15 is 0 Å². The number of carbonyl (C=O) groups excluding carboxylic acids is 1. The lowest BCUT2D eigenvalue weighted by Crippen LogP contribution is -2.46. The highest BCUT2D eigenvalue weighted by atomic mass is 16.4. The Morgan fingerprint density at radius 1 is 1.58 bits per heavy atom. The van der Waals surface area contributed by atoms with E-state index in [4.69, 9.17) is 5.11 Å². The lowest BCUT2D eigenvalue weighted by molar-refractivity contribution is -0.141. The van der Waals surface area contributed by atoms with Crippen LogP contribution in [0, 0.1) is 6.92 Å². The third kappa shape index (κ3) is 3.24. The molecule has 1 aromatic rings. The van der Waals surface area contributed by atoms with Crippen LogP contribution in [0.25, 0.3) is 0 Å². The zero-order valence-electron chi connectivity index (χ0n) is 10.9. The van der Waals surface area contributed by atoms with E-state index in [2.05, 4.69) is 10.4 Å². The number of urea groups is 1. The van der Waals surface area contributed by atoms with Gasteiger partial charge in [0.2, 0.25) is 0 Å². The molecule has 0 aromatic carbocycles. The number of likely N-dealkylation sites (tertiary alicyclic amines) is 1. The lowest BCUT2D eigenvalue weighted by atomic mass is 10.2. The van der Waals surface area contributed by atoms with Gasteiger partial charge in [0.05, 0.1) is 12.7 Å². The second-order valence-corrected chi connectivity index (χ2v) is 4.70. The zero-order chi connectivity index (χ0) is 13.8. The van der Waals surface area contributed by atoms with Gasteiger partial charge in [-0.05, 0) is 25.3 Å². The Balaban J connectivity index is 1.79. The van der Waals surface area contributed by atoms with E-state index in [1.165, 1.54) is 4.90 Å². The summed E-state index contributed by atoms with van der Waals surface area (Å²) in [5, 5.41) is 15.8. The third-order valence-electron chi connectivity index (χ3n) is 3.18. The largest absolute Gasteiger partial charge is 0.480 e. The number of hydrogen-bond donors (Lipinski definition) is 2. The first-order valence-electron chi connectivity index (χ1n) is 6.34. The third-order valence-corrected chi connectivity index (χ3v) is 3.18. The van der Waals surface area contributed by atoms with E-state index in [1.54, 1.807) is 10.9 Å². The van der Waals surface area contributed by atoms with E-state index in [-0.39, 0.29) is 6.03 Å². The number of hydrogen-bond acceptors (Lipinski definition) is 3. The molecule has 0 aliphatic carbocycles. The molecule has 2 amide bonds. The maximum absolute atomic E-state index is 11.9. The molecular weight excluding hydrogens is 248 g/mol. The van der Waals surface area contributed by atoms with Crippen LogP contribution in [0.2, 0.25) is 0 Å². The Morgan fingerprint density at radius 3 is 3.00 bits per heavy atom. The first-order valence-corrected chi connectivity index (χ1v) is 6.34. The van der Waals surface area contributed by atoms with Gasteiger partial charge < -0.3 is 15.3 Å². The average Bonchev–Trinajstić information content (AvgIpc) is 2.97. The summed E-state index contributed by atoms with van der Waals surface area (Å²) in [6, 6.07) is -0.999. The van der Waals surface area contributed by atoms with E-state index < -0.39 is 12.0 Å². The number of carboxylic acid groups (broad SMARTS) is 1. The molecule has 0 spiro atoms. The highest BCUT2D eigenvalue weighted by molar-refractivity contribution is 5.83. The minimum atomic E-state index is -0.935. The summed E-state index contributed by atoms with van der Waals surface area (Å²) in [6.45, 7) is 3.46. The predicted molar refractivity (Wildman–Crippen MR) is 67.7 cm³/mol. The van der Waals surface area contributed by atoms with Crippen LogP contribution in [-0.2, 0) is 11.3 Å². The summed E-state index contributed by atoms with van der Waals surface area (Å²) in [6.07, 6.45) is 4.91. The number of carboxylic acids is 1. The average molecular weight is 266 g/mol. The molecule has 1 saturated heterocycles. The SMILES string of the molecule is Cc1cnn(CCNC(=O)N2CCC[C@H]2C(=O)O)c1. The molecular formula is C12H18N4O3. The summed E-state index contributed by atoms with van der Waals surface area (Å²) in [7, 11) is 0. The molecule has 2 rings (SSSR count). The van der Waals surface area contributed by atoms with E-state index in [1.807, 2.05) is 13.1 Å². The second kappa shape index (κ2) is 5.73. The predicted octanol–water partition coefficient (Wildman–Crippen LogP) is 0.450. The van der Waals surface area contributed by atoms with Crippen LogP contribution >= 0.6 is 0 Å². The summed E-state index contributed by atoms with van der Waals surface area (Å²) >= 11 is 0. The van der Waals surface area contributed by atoms with Crippen LogP contribution in [0.15, 0.2) is 12.4 Å². The molecule has 7 nitrogen and oxygen atoms in total. The number of carbonyl (C=O) groups is 2. The Labute approximate surface area is 111 Å². The molecule has 2 N–H and O–H groups in total. The highest BCUT2D eigenvalue weighted by Crippen LogP contribution is 2.17. The molecule has 1 aromatic heterocycles. The molecule has 19 heavy (non-hydrogen) atoms. The number of nitrogens with one attached hydrogen (secondary N) is 1. The van der Waals surface area contributed by atoms with Gasteiger partial charge in [-0.25, -0.2) is 9.59 Å². The smallest absolute Gasteiger partial charge is 0.326 e. The normalized spacial score (nSPS) is 18.6. The fourth-order valence-electron chi connectivity index (χ4n) is 2.23. The van der Waals surface area contributed by atoms with Crippen molar-refractivity contribution in [2.24, 2.45) is 0 Å². The van der Waals surface area contributed by atoms with Crippen molar-refractivity contribution in [1.29, 1.82) is 0 Å². The van der Waals surface area contributed by atoms with E-state index in [0.29, 0.717) is 26.1 Å². The van der Waals surface area contributed by atoms with Crippen molar-refractivity contribution >= 4 is 12.0 Å². The topological polar surface area (TPSA) is 87.5 Å². The maximum atomic E-state index is 11.9. The van der Waals surface area contributed by atoms with Gasteiger partial charge in [-0.1, -0.05) is 0 Å². The fourth-order valence-corrected chi connectivity index (χ4v) is 2.23. The van der Waals surface area contributed by atoms with Crippen molar-refractivity contribution in [2.45, 2.75) is 32.4 Å². The molecule has 104 valence electrons. The summed E-state index contributed by atoms with van der Waals surface area (Å²) in [5.41, 5.74) is 1.07. The molecule has 1 fully saturated rings. The second-order valence-electron chi connectivity index (χ2n) is 4.70. The van der Waals surface area contributed by atoms with E-state index in [0.717, 1.165) is 12.0 Å². The molecule has 1 atom stereocenters. The molecule has 1 aliphatic heterocycles. The molecule has 0 bridgehead atoms. The van der Waals surface area contributed by atoms with Crippen molar-refractivity contribution in [2.75, 3.05) is 13.1 Å². The molecule has 0 unspecified atom stereocenters. The lowest BCUT2D eigenvalue weighted by Gasteiger charge is -2.21. The number of aliphatic carboxylic acids is 1. The van der Waals surface area contributed by atoms with Gasteiger partial charge in [-0.15, -0.1) is 0 Å². The number of amides is 2.